The Balaban J connectivity index is 1.29. The third-order valence-corrected chi connectivity index (χ3v) is 6.43. The van der Waals surface area contributed by atoms with Crippen LogP contribution in [-0.4, -0.2) is 41.9 Å². The molecule has 5 nitrogen and oxygen atoms in total. The summed E-state index contributed by atoms with van der Waals surface area (Å²) in [5.74, 6) is 1.91. The SMILES string of the molecule is Cc1cc(C)c2c(c1)C(=O)CC1(CCN(C(=O)CCCOc3ccccc3C)CC1)O2. The predicted molar refractivity (Wildman–Crippen MR) is 120 cm³/mol. The molecule has 2 aliphatic rings. The number of piperidine rings is 1. The van der Waals surface area contributed by atoms with Crippen molar-refractivity contribution in [1.82, 2.24) is 4.90 Å². The van der Waals surface area contributed by atoms with E-state index in [4.69, 9.17) is 9.47 Å². The summed E-state index contributed by atoms with van der Waals surface area (Å²) in [5, 5.41) is 0. The number of hydrogen-bond acceptors (Lipinski definition) is 4. The van der Waals surface area contributed by atoms with E-state index in [1.54, 1.807) is 0 Å². The zero-order valence-corrected chi connectivity index (χ0v) is 18.7. The monoisotopic (exact) mass is 421 g/mol. The molecule has 1 spiro atoms. The van der Waals surface area contributed by atoms with E-state index in [0.29, 0.717) is 57.4 Å². The van der Waals surface area contributed by atoms with E-state index < -0.39 is 5.60 Å². The van der Waals surface area contributed by atoms with Gasteiger partial charge in [-0.3, -0.25) is 9.59 Å². The minimum atomic E-state index is -0.477. The number of ether oxygens (including phenoxy) is 2. The van der Waals surface area contributed by atoms with E-state index in [0.717, 1.165) is 28.2 Å². The van der Waals surface area contributed by atoms with Gasteiger partial charge in [-0.1, -0.05) is 24.3 Å². The fourth-order valence-electron chi connectivity index (χ4n) is 4.66. The summed E-state index contributed by atoms with van der Waals surface area (Å²) < 4.78 is 12.2. The highest BCUT2D eigenvalue weighted by atomic mass is 16.5. The molecule has 2 heterocycles. The van der Waals surface area contributed by atoms with Crippen LogP contribution in [0.5, 0.6) is 11.5 Å². The lowest BCUT2D eigenvalue weighted by atomic mass is 9.81. The standard InChI is InChI=1S/C26H31NO4/c1-18-15-20(3)25-21(16-18)22(28)17-26(31-25)10-12-27(13-11-26)24(29)9-6-14-30-23-8-5-4-7-19(23)2/h4-5,7-8,15-16H,6,9-14,17H2,1-3H3. The highest BCUT2D eigenvalue weighted by molar-refractivity contribution is 6.01. The molecule has 0 saturated carbocycles. The first-order valence-corrected chi connectivity index (χ1v) is 11.2. The van der Waals surface area contributed by atoms with Gasteiger partial charge in [0.1, 0.15) is 17.1 Å². The van der Waals surface area contributed by atoms with Crippen molar-refractivity contribution in [2.45, 2.75) is 58.5 Å². The highest BCUT2D eigenvalue weighted by Gasteiger charge is 2.44. The van der Waals surface area contributed by atoms with Gasteiger partial charge in [0.05, 0.1) is 18.6 Å². The summed E-state index contributed by atoms with van der Waals surface area (Å²) in [5.41, 5.74) is 3.42. The first kappa shape index (κ1) is 21.4. The number of para-hydroxylation sites is 1. The highest BCUT2D eigenvalue weighted by Crippen LogP contribution is 2.41. The molecule has 1 saturated heterocycles. The van der Waals surface area contributed by atoms with E-state index in [1.807, 2.05) is 56.0 Å². The molecule has 2 aromatic rings. The van der Waals surface area contributed by atoms with Crippen LogP contribution in [0.2, 0.25) is 0 Å². The van der Waals surface area contributed by atoms with Crippen molar-refractivity contribution < 1.29 is 19.1 Å². The molecular weight excluding hydrogens is 390 g/mol. The molecule has 0 atom stereocenters. The second-order valence-electron chi connectivity index (χ2n) is 8.94. The number of nitrogens with zero attached hydrogens (tertiary/aromatic N) is 1. The van der Waals surface area contributed by atoms with Crippen LogP contribution in [0.1, 0.15) is 59.2 Å². The van der Waals surface area contributed by atoms with Crippen molar-refractivity contribution in [1.29, 1.82) is 0 Å². The normalized spacial score (nSPS) is 17.3. The predicted octanol–water partition coefficient (Wildman–Crippen LogP) is 4.80. The van der Waals surface area contributed by atoms with Crippen LogP contribution in [0.15, 0.2) is 36.4 Å². The number of ketones is 1. The molecule has 2 aliphatic heterocycles. The molecule has 0 aromatic heterocycles. The Morgan fingerprint density at radius 2 is 1.84 bits per heavy atom. The van der Waals surface area contributed by atoms with Crippen LogP contribution < -0.4 is 9.47 Å². The Bertz CT molecular complexity index is 989. The van der Waals surface area contributed by atoms with Crippen molar-refractivity contribution >= 4 is 11.7 Å². The minimum Gasteiger partial charge on any atom is -0.493 e. The lowest BCUT2D eigenvalue weighted by Crippen LogP contribution is -2.52. The smallest absolute Gasteiger partial charge is 0.222 e. The number of amides is 1. The van der Waals surface area contributed by atoms with E-state index in [9.17, 15) is 9.59 Å². The van der Waals surface area contributed by atoms with Gasteiger partial charge < -0.3 is 14.4 Å². The summed E-state index contributed by atoms with van der Waals surface area (Å²) in [7, 11) is 0. The molecule has 0 N–H and O–H groups in total. The summed E-state index contributed by atoms with van der Waals surface area (Å²) in [6.07, 6.45) is 2.94. The molecule has 0 unspecified atom stereocenters. The maximum Gasteiger partial charge on any atom is 0.222 e. The Morgan fingerprint density at radius 1 is 1.10 bits per heavy atom. The fourth-order valence-corrected chi connectivity index (χ4v) is 4.66. The van der Waals surface area contributed by atoms with Crippen molar-refractivity contribution in [2.75, 3.05) is 19.7 Å². The van der Waals surface area contributed by atoms with Gasteiger partial charge in [-0.25, -0.2) is 0 Å². The van der Waals surface area contributed by atoms with Crippen LogP contribution in [0, 0.1) is 20.8 Å². The summed E-state index contributed by atoms with van der Waals surface area (Å²) >= 11 is 0. The number of carbonyl (C=O) groups is 2. The van der Waals surface area contributed by atoms with E-state index in [-0.39, 0.29) is 11.7 Å². The van der Waals surface area contributed by atoms with Crippen LogP contribution in [-0.2, 0) is 4.79 Å². The number of fused-ring (bicyclic) bond motifs is 1. The number of rotatable bonds is 5. The van der Waals surface area contributed by atoms with Gasteiger partial charge in [-0.2, -0.15) is 0 Å². The maximum absolute atomic E-state index is 12.8. The topological polar surface area (TPSA) is 55.8 Å². The van der Waals surface area contributed by atoms with Crippen LogP contribution in [0.25, 0.3) is 0 Å². The largest absolute Gasteiger partial charge is 0.493 e. The minimum absolute atomic E-state index is 0.151. The summed E-state index contributed by atoms with van der Waals surface area (Å²) in [4.78, 5) is 27.4. The number of hydrogen-bond donors (Lipinski definition) is 0. The number of Topliss-reactive ketones (excluding diaryl/α,β-unsaturated/α-hetero) is 1. The van der Waals surface area contributed by atoms with Gasteiger partial charge in [-0.05, 0) is 56.0 Å². The number of benzene rings is 2. The number of aryl methyl sites for hydroxylation is 3. The zero-order chi connectivity index (χ0) is 22.0. The van der Waals surface area contributed by atoms with E-state index in [1.165, 1.54) is 0 Å². The fraction of sp³-hybridized carbons (Fsp3) is 0.462. The molecule has 5 heteroatoms. The zero-order valence-electron chi connectivity index (χ0n) is 18.7. The first-order valence-electron chi connectivity index (χ1n) is 11.2. The van der Waals surface area contributed by atoms with E-state index >= 15 is 0 Å². The van der Waals surface area contributed by atoms with Crippen molar-refractivity contribution in [3.8, 4) is 11.5 Å². The lowest BCUT2D eigenvalue weighted by molar-refractivity contribution is -0.135. The average molecular weight is 422 g/mol. The summed E-state index contributed by atoms with van der Waals surface area (Å²) in [6, 6.07) is 11.9. The third kappa shape index (κ3) is 4.60. The maximum atomic E-state index is 12.8. The molecule has 0 aliphatic carbocycles. The van der Waals surface area contributed by atoms with Gasteiger partial charge in [-0.15, -0.1) is 0 Å². The molecule has 164 valence electrons. The molecule has 31 heavy (non-hydrogen) atoms. The second kappa shape index (κ2) is 8.74. The van der Waals surface area contributed by atoms with Crippen molar-refractivity contribution in [3.63, 3.8) is 0 Å². The average Bonchev–Trinajstić information content (AvgIpc) is 2.74. The van der Waals surface area contributed by atoms with Gasteiger partial charge in [0, 0.05) is 32.4 Å². The Kier molecular flexibility index (Phi) is 6.03. The number of carbonyl (C=O) groups excluding carboxylic acids is 2. The van der Waals surface area contributed by atoms with Gasteiger partial charge in [0.25, 0.3) is 0 Å². The van der Waals surface area contributed by atoms with Crippen molar-refractivity contribution in [2.24, 2.45) is 0 Å². The first-order chi connectivity index (χ1) is 14.9. The second-order valence-corrected chi connectivity index (χ2v) is 8.94. The van der Waals surface area contributed by atoms with Gasteiger partial charge >= 0.3 is 0 Å². The summed E-state index contributed by atoms with van der Waals surface area (Å²) in [6.45, 7) is 7.80. The molecule has 1 fully saturated rings. The van der Waals surface area contributed by atoms with Crippen LogP contribution in [0.4, 0.5) is 0 Å². The number of likely N-dealkylation sites (tertiary alicyclic amines) is 1. The molecule has 0 bridgehead atoms. The Morgan fingerprint density at radius 3 is 2.58 bits per heavy atom. The molecule has 1 amide bonds. The van der Waals surface area contributed by atoms with Gasteiger partial charge in [0.15, 0.2) is 5.78 Å². The lowest BCUT2D eigenvalue weighted by Gasteiger charge is -2.44. The van der Waals surface area contributed by atoms with E-state index in [2.05, 4.69) is 6.07 Å². The van der Waals surface area contributed by atoms with Crippen molar-refractivity contribution in [3.05, 3.63) is 58.7 Å². The van der Waals surface area contributed by atoms with Crippen LogP contribution in [0.3, 0.4) is 0 Å². The third-order valence-electron chi connectivity index (χ3n) is 6.43. The molecule has 0 radical (unpaired) electrons. The molecular formula is C26H31NO4. The molecule has 2 aromatic carbocycles. The Hall–Kier alpha value is -2.82. The Labute approximate surface area is 184 Å². The quantitative estimate of drug-likeness (QED) is 0.651. The molecule has 4 rings (SSSR count). The van der Waals surface area contributed by atoms with Crippen LogP contribution >= 0.6 is 0 Å². The van der Waals surface area contributed by atoms with Gasteiger partial charge in [0.2, 0.25) is 5.91 Å².